The van der Waals surface area contributed by atoms with Crippen LogP contribution in [0.2, 0.25) is 0 Å². The van der Waals surface area contributed by atoms with Gasteiger partial charge >= 0.3 is 0 Å². The summed E-state index contributed by atoms with van der Waals surface area (Å²) in [4.78, 5) is 9.28. The number of benzene rings is 1. The summed E-state index contributed by atoms with van der Waals surface area (Å²) in [6.07, 6.45) is 1.67. The molecule has 0 radical (unpaired) electrons. The van der Waals surface area contributed by atoms with Crippen LogP contribution in [0.5, 0.6) is 0 Å². The molecule has 0 saturated carbocycles. The molecule has 0 spiro atoms. The molecule has 1 aliphatic rings. The Morgan fingerprint density at radius 3 is 2.75 bits per heavy atom. The van der Waals surface area contributed by atoms with Crippen LogP contribution in [0.3, 0.4) is 0 Å². The first-order valence-electron chi connectivity index (χ1n) is 8.47. The molecule has 1 fully saturated rings. The monoisotopic (exact) mass is 333 g/mol. The minimum atomic E-state index is -0.282. The lowest BCUT2D eigenvalue weighted by Gasteiger charge is -2.34. The zero-order valence-corrected chi connectivity index (χ0v) is 14.1. The van der Waals surface area contributed by atoms with Gasteiger partial charge in [-0.05, 0) is 25.1 Å². The van der Waals surface area contributed by atoms with Crippen LogP contribution in [-0.4, -0.2) is 60.7 Å². The maximum absolute atomic E-state index is 13.3. The molecule has 0 N–H and O–H groups in total. The van der Waals surface area contributed by atoms with E-state index in [1.807, 2.05) is 6.92 Å². The lowest BCUT2D eigenvalue weighted by atomic mass is 10.2. The fourth-order valence-corrected chi connectivity index (χ4v) is 2.87. The molecule has 0 unspecified atom stereocenters. The maximum atomic E-state index is 13.3. The van der Waals surface area contributed by atoms with Gasteiger partial charge in [-0.25, -0.2) is 9.37 Å². The largest absolute Gasteiger partial charge is 0.444 e. The molecule has 3 rings (SSSR count). The van der Waals surface area contributed by atoms with Gasteiger partial charge in [0.2, 0.25) is 5.89 Å². The normalized spacial score (nSPS) is 16.6. The molecule has 1 aromatic heterocycles. The quantitative estimate of drug-likeness (QED) is 0.729. The van der Waals surface area contributed by atoms with Crippen molar-refractivity contribution in [2.75, 3.05) is 45.9 Å². The second-order valence-electron chi connectivity index (χ2n) is 5.97. The highest BCUT2D eigenvalue weighted by Gasteiger charge is 2.18. The van der Waals surface area contributed by atoms with Gasteiger partial charge in [0.1, 0.15) is 12.1 Å². The van der Waals surface area contributed by atoms with Gasteiger partial charge < -0.3 is 9.15 Å². The van der Waals surface area contributed by atoms with E-state index in [0.717, 1.165) is 58.2 Å². The van der Waals surface area contributed by atoms with E-state index in [2.05, 4.69) is 14.8 Å². The highest BCUT2D eigenvalue weighted by molar-refractivity contribution is 5.52. The molecule has 130 valence electrons. The van der Waals surface area contributed by atoms with Gasteiger partial charge in [0, 0.05) is 51.4 Å². The van der Waals surface area contributed by atoms with E-state index in [-0.39, 0.29) is 5.82 Å². The third kappa shape index (κ3) is 4.63. The first-order chi connectivity index (χ1) is 11.7. The van der Waals surface area contributed by atoms with Gasteiger partial charge in [0.05, 0.1) is 12.3 Å². The second kappa shape index (κ2) is 8.37. The van der Waals surface area contributed by atoms with Crippen LogP contribution < -0.4 is 0 Å². The smallest absolute Gasteiger partial charge is 0.226 e. The first-order valence-corrected chi connectivity index (χ1v) is 8.47. The van der Waals surface area contributed by atoms with Crippen LogP contribution in [0.15, 0.2) is 34.9 Å². The van der Waals surface area contributed by atoms with Crippen molar-refractivity contribution in [1.29, 1.82) is 0 Å². The molecule has 0 amide bonds. The maximum Gasteiger partial charge on any atom is 0.226 e. The fourth-order valence-electron chi connectivity index (χ4n) is 2.87. The molecule has 1 saturated heterocycles. The third-order valence-electron chi connectivity index (χ3n) is 4.23. The third-order valence-corrected chi connectivity index (χ3v) is 4.23. The summed E-state index contributed by atoms with van der Waals surface area (Å²) in [5.41, 5.74) is 1.55. The lowest BCUT2D eigenvalue weighted by Crippen LogP contribution is -2.46. The summed E-state index contributed by atoms with van der Waals surface area (Å²) in [6.45, 7) is 9.46. The van der Waals surface area contributed by atoms with Crippen molar-refractivity contribution in [3.05, 3.63) is 42.0 Å². The van der Waals surface area contributed by atoms with E-state index in [0.29, 0.717) is 11.5 Å². The SMILES string of the molecule is CCOCCN1CCN(Cc2coc(-c3cccc(F)c3)n2)CC1. The summed E-state index contributed by atoms with van der Waals surface area (Å²) in [7, 11) is 0. The van der Waals surface area contributed by atoms with Crippen LogP contribution in [0.1, 0.15) is 12.6 Å². The number of ether oxygens (including phenoxy) is 1. The Morgan fingerprint density at radius 1 is 1.21 bits per heavy atom. The topological polar surface area (TPSA) is 41.7 Å². The molecule has 2 heterocycles. The summed E-state index contributed by atoms with van der Waals surface area (Å²) in [5.74, 6) is 0.190. The molecule has 0 aliphatic carbocycles. The van der Waals surface area contributed by atoms with Crippen LogP contribution in [0, 0.1) is 5.82 Å². The number of piperazine rings is 1. The first kappa shape index (κ1) is 17.1. The summed E-state index contributed by atoms with van der Waals surface area (Å²) < 4.78 is 24.2. The standard InChI is InChI=1S/C18H24FN3O2/c1-2-23-11-10-21-6-8-22(9-7-21)13-17-14-24-18(20-17)15-4-3-5-16(19)12-15/h3-5,12,14H,2,6-11,13H2,1H3. The Bertz CT molecular complexity index is 639. The van der Waals surface area contributed by atoms with Crippen molar-refractivity contribution in [3.63, 3.8) is 0 Å². The molecule has 0 bridgehead atoms. The van der Waals surface area contributed by atoms with E-state index >= 15 is 0 Å². The predicted molar refractivity (Wildman–Crippen MR) is 90.1 cm³/mol. The Hall–Kier alpha value is -1.76. The zero-order chi connectivity index (χ0) is 16.8. The minimum Gasteiger partial charge on any atom is -0.444 e. The van der Waals surface area contributed by atoms with E-state index in [4.69, 9.17) is 9.15 Å². The van der Waals surface area contributed by atoms with Gasteiger partial charge in [-0.1, -0.05) is 6.07 Å². The molecule has 6 heteroatoms. The fraction of sp³-hybridized carbons (Fsp3) is 0.500. The molecule has 2 aromatic rings. The van der Waals surface area contributed by atoms with E-state index in [1.54, 1.807) is 18.4 Å². The van der Waals surface area contributed by atoms with Gasteiger partial charge in [-0.3, -0.25) is 9.80 Å². The van der Waals surface area contributed by atoms with E-state index in [1.165, 1.54) is 12.1 Å². The molecular formula is C18H24FN3O2. The van der Waals surface area contributed by atoms with Crippen LogP contribution in [-0.2, 0) is 11.3 Å². The summed E-state index contributed by atoms with van der Waals surface area (Å²) in [5, 5.41) is 0. The average molecular weight is 333 g/mol. The Kier molecular flexibility index (Phi) is 5.96. The van der Waals surface area contributed by atoms with Crippen molar-refractivity contribution < 1.29 is 13.5 Å². The number of halogens is 1. The van der Waals surface area contributed by atoms with Crippen LogP contribution in [0.4, 0.5) is 4.39 Å². The summed E-state index contributed by atoms with van der Waals surface area (Å²) in [6, 6.07) is 6.32. The molecule has 5 nitrogen and oxygen atoms in total. The predicted octanol–water partition coefficient (Wildman–Crippen LogP) is 2.63. The van der Waals surface area contributed by atoms with E-state index < -0.39 is 0 Å². The molecule has 24 heavy (non-hydrogen) atoms. The lowest BCUT2D eigenvalue weighted by molar-refractivity contribution is 0.0782. The molecule has 1 aromatic carbocycles. The highest BCUT2D eigenvalue weighted by Crippen LogP contribution is 2.20. The van der Waals surface area contributed by atoms with Crippen molar-refractivity contribution in [2.24, 2.45) is 0 Å². The summed E-state index contributed by atoms with van der Waals surface area (Å²) >= 11 is 0. The number of nitrogens with zero attached hydrogens (tertiary/aromatic N) is 3. The number of hydrogen-bond donors (Lipinski definition) is 0. The van der Waals surface area contributed by atoms with Crippen molar-refractivity contribution in [1.82, 2.24) is 14.8 Å². The number of rotatable bonds is 7. The van der Waals surface area contributed by atoms with Crippen LogP contribution >= 0.6 is 0 Å². The van der Waals surface area contributed by atoms with Crippen molar-refractivity contribution in [2.45, 2.75) is 13.5 Å². The van der Waals surface area contributed by atoms with Gasteiger partial charge in [0.15, 0.2) is 0 Å². The zero-order valence-electron chi connectivity index (χ0n) is 14.1. The van der Waals surface area contributed by atoms with Gasteiger partial charge in [-0.15, -0.1) is 0 Å². The average Bonchev–Trinajstić information content (AvgIpc) is 3.05. The second-order valence-corrected chi connectivity index (χ2v) is 5.97. The van der Waals surface area contributed by atoms with Gasteiger partial charge in [0.25, 0.3) is 0 Å². The number of aromatic nitrogens is 1. The molecule has 1 aliphatic heterocycles. The van der Waals surface area contributed by atoms with E-state index in [9.17, 15) is 4.39 Å². The highest BCUT2D eigenvalue weighted by atomic mass is 19.1. The minimum absolute atomic E-state index is 0.282. The Labute approximate surface area is 142 Å². The number of oxazole rings is 1. The van der Waals surface area contributed by atoms with Crippen LogP contribution in [0.25, 0.3) is 11.5 Å². The molecular weight excluding hydrogens is 309 g/mol. The van der Waals surface area contributed by atoms with Crippen molar-refractivity contribution in [3.8, 4) is 11.5 Å². The molecule has 0 atom stereocenters. The number of hydrogen-bond acceptors (Lipinski definition) is 5. The Balaban J connectivity index is 1.49. The van der Waals surface area contributed by atoms with Gasteiger partial charge in [-0.2, -0.15) is 0 Å². The Morgan fingerprint density at radius 2 is 2.00 bits per heavy atom. The van der Waals surface area contributed by atoms with Crippen molar-refractivity contribution >= 4 is 0 Å².